The van der Waals surface area contributed by atoms with Crippen molar-refractivity contribution in [3.05, 3.63) is 0 Å². The van der Waals surface area contributed by atoms with Crippen LogP contribution in [0.25, 0.3) is 0 Å². The Morgan fingerprint density at radius 3 is 1.50 bits per heavy atom. The van der Waals surface area contributed by atoms with Crippen LogP contribution in [0.2, 0.25) is 0 Å². The van der Waals surface area contributed by atoms with Gasteiger partial charge in [-0.25, -0.2) is 0 Å². The maximum absolute atomic E-state index is 10.3. The van der Waals surface area contributed by atoms with Crippen LogP contribution in [-0.2, 0) is 47.4 Å². The first-order valence-electron chi connectivity index (χ1n) is 9.77. The molecular weight excluding hydrogens is 404 g/mol. The molecule has 0 aromatic heterocycles. The minimum atomic E-state index is -1.20. The maximum Gasteiger partial charge on any atom is 0.187 e. The molecule has 0 aromatic rings. The quantitative estimate of drug-likeness (QED) is 0.435. The summed E-state index contributed by atoms with van der Waals surface area (Å²) >= 11 is 0. The Labute approximate surface area is 177 Å². The van der Waals surface area contributed by atoms with Crippen LogP contribution >= 0.6 is 0 Å². The standard InChI is InChI=1S/C19H36O11/c1-21-8-10-12(23-3)14(24-4)17(27-7)19(29-10)30-13-11(9-22-2)28-18(20)16(26-6)15(13)25-5/h10-20H,8-9H2,1-7H3/t10-,11-,12-,13+,14-,15+,16+,17+,18-,19-/m0/s1. The summed E-state index contributed by atoms with van der Waals surface area (Å²) in [4.78, 5) is 0. The van der Waals surface area contributed by atoms with Gasteiger partial charge in [-0.2, -0.15) is 0 Å². The molecule has 2 aliphatic heterocycles. The van der Waals surface area contributed by atoms with E-state index in [9.17, 15) is 5.11 Å². The van der Waals surface area contributed by atoms with Gasteiger partial charge < -0.3 is 52.5 Å². The van der Waals surface area contributed by atoms with Crippen LogP contribution in [0.3, 0.4) is 0 Å². The zero-order chi connectivity index (χ0) is 22.3. The molecule has 11 nitrogen and oxygen atoms in total. The molecule has 0 bridgehead atoms. The molecule has 2 heterocycles. The first-order valence-corrected chi connectivity index (χ1v) is 9.77. The molecule has 0 aromatic carbocycles. The number of aliphatic hydroxyl groups excluding tert-OH is 1. The summed E-state index contributed by atoms with van der Waals surface area (Å²) < 4.78 is 56.6. The number of rotatable bonds is 11. The highest BCUT2D eigenvalue weighted by Crippen LogP contribution is 2.33. The van der Waals surface area contributed by atoms with Crippen LogP contribution in [0.5, 0.6) is 0 Å². The van der Waals surface area contributed by atoms with Crippen LogP contribution < -0.4 is 0 Å². The van der Waals surface area contributed by atoms with Crippen molar-refractivity contribution in [1.82, 2.24) is 0 Å². The lowest BCUT2D eigenvalue weighted by atomic mass is 9.96. The number of hydrogen-bond acceptors (Lipinski definition) is 11. The zero-order valence-electron chi connectivity index (χ0n) is 18.7. The largest absolute Gasteiger partial charge is 0.382 e. The molecule has 10 atom stereocenters. The van der Waals surface area contributed by atoms with E-state index in [-0.39, 0.29) is 13.2 Å². The van der Waals surface area contributed by atoms with Gasteiger partial charge in [-0.15, -0.1) is 0 Å². The first kappa shape index (κ1) is 25.8. The normalized spacial score (nSPS) is 42.4. The third-order valence-corrected chi connectivity index (χ3v) is 5.51. The second kappa shape index (κ2) is 12.6. The Morgan fingerprint density at radius 1 is 0.567 bits per heavy atom. The van der Waals surface area contributed by atoms with Crippen LogP contribution in [-0.4, -0.2) is 130 Å². The van der Waals surface area contributed by atoms with E-state index in [1.807, 2.05) is 0 Å². The third-order valence-electron chi connectivity index (χ3n) is 5.51. The highest BCUT2D eigenvalue weighted by atomic mass is 16.7. The van der Waals surface area contributed by atoms with Gasteiger partial charge in [-0.1, -0.05) is 0 Å². The van der Waals surface area contributed by atoms with Gasteiger partial charge in [-0.3, -0.25) is 0 Å². The smallest absolute Gasteiger partial charge is 0.187 e. The highest BCUT2D eigenvalue weighted by molar-refractivity contribution is 4.96. The van der Waals surface area contributed by atoms with Crippen molar-refractivity contribution in [2.45, 2.75) is 61.4 Å². The Bertz CT molecular complexity index is 481. The van der Waals surface area contributed by atoms with E-state index in [4.69, 9.17) is 47.4 Å². The van der Waals surface area contributed by atoms with Crippen LogP contribution in [0.15, 0.2) is 0 Å². The highest BCUT2D eigenvalue weighted by Gasteiger charge is 2.52. The second-order valence-corrected chi connectivity index (χ2v) is 7.12. The van der Waals surface area contributed by atoms with Crippen LogP contribution in [0, 0.1) is 0 Å². The molecule has 2 aliphatic rings. The molecule has 1 N–H and O–H groups in total. The molecule has 0 amide bonds. The van der Waals surface area contributed by atoms with Crippen molar-refractivity contribution in [2.24, 2.45) is 0 Å². The molecule has 0 aliphatic carbocycles. The Morgan fingerprint density at radius 2 is 1.03 bits per heavy atom. The number of hydrogen-bond donors (Lipinski definition) is 1. The van der Waals surface area contributed by atoms with E-state index < -0.39 is 61.4 Å². The zero-order valence-corrected chi connectivity index (χ0v) is 18.7. The van der Waals surface area contributed by atoms with E-state index in [0.717, 1.165) is 0 Å². The molecule has 0 unspecified atom stereocenters. The van der Waals surface area contributed by atoms with E-state index in [2.05, 4.69) is 0 Å². The minimum Gasteiger partial charge on any atom is -0.382 e. The van der Waals surface area contributed by atoms with Crippen molar-refractivity contribution >= 4 is 0 Å². The summed E-state index contributed by atoms with van der Waals surface area (Å²) in [7, 11) is 10.8. The predicted octanol–water partition coefficient (Wildman–Crippen LogP) is -0.818. The van der Waals surface area contributed by atoms with Gasteiger partial charge >= 0.3 is 0 Å². The van der Waals surface area contributed by atoms with Gasteiger partial charge in [0.15, 0.2) is 12.6 Å². The third kappa shape index (κ3) is 5.48. The lowest BCUT2D eigenvalue weighted by Crippen LogP contribution is -2.65. The van der Waals surface area contributed by atoms with Crippen LogP contribution in [0.1, 0.15) is 0 Å². The molecule has 2 fully saturated rings. The summed E-state index contributed by atoms with van der Waals surface area (Å²) in [6, 6.07) is 0. The maximum atomic E-state index is 10.3. The van der Waals surface area contributed by atoms with Gasteiger partial charge in [-0.05, 0) is 0 Å². The molecule has 11 heteroatoms. The van der Waals surface area contributed by atoms with Gasteiger partial charge in [0.25, 0.3) is 0 Å². The molecule has 2 saturated heterocycles. The van der Waals surface area contributed by atoms with Gasteiger partial charge in [0.2, 0.25) is 0 Å². The predicted molar refractivity (Wildman–Crippen MR) is 102 cm³/mol. The van der Waals surface area contributed by atoms with Gasteiger partial charge in [0, 0.05) is 49.8 Å². The molecule has 0 saturated carbocycles. The summed E-state index contributed by atoms with van der Waals surface area (Å²) in [5.41, 5.74) is 0. The summed E-state index contributed by atoms with van der Waals surface area (Å²) in [5, 5.41) is 10.3. The molecule has 0 spiro atoms. The SMILES string of the molecule is COC[C@@H]1O[C@@H](O[C@H]2[C@@H](OC)[C@@H](OC)[C@@H](O)O[C@H]2COC)[C@H](OC)[C@@H](OC)[C@H]1OC. The average Bonchev–Trinajstić information content (AvgIpc) is 2.74. The van der Waals surface area contributed by atoms with Gasteiger partial charge in [0.05, 0.1) is 13.2 Å². The lowest BCUT2D eigenvalue weighted by molar-refractivity contribution is -0.363. The fourth-order valence-corrected chi connectivity index (χ4v) is 4.12. The number of aliphatic hydroxyl groups is 1. The molecule has 0 radical (unpaired) electrons. The lowest BCUT2D eigenvalue weighted by Gasteiger charge is -2.48. The topological polar surface area (TPSA) is 113 Å². The van der Waals surface area contributed by atoms with E-state index in [1.165, 1.54) is 21.3 Å². The summed E-state index contributed by atoms with van der Waals surface area (Å²) in [6.45, 7) is 0.433. The van der Waals surface area contributed by atoms with Crippen molar-refractivity contribution < 1.29 is 52.5 Å². The van der Waals surface area contributed by atoms with E-state index in [1.54, 1.807) is 28.4 Å². The Hall–Kier alpha value is -0.440. The molecule has 178 valence electrons. The van der Waals surface area contributed by atoms with Crippen molar-refractivity contribution in [2.75, 3.05) is 63.0 Å². The molecular formula is C19H36O11. The number of methoxy groups -OCH3 is 7. The average molecular weight is 440 g/mol. The molecule has 2 rings (SSSR count). The Kier molecular flexibility index (Phi) is 10.8. The van der Waals surface area contributed by atoms with Crippen molar-refractivity contribution in [3.63, 3.8) is 0 Å². The number of ether oxygens (including phenoxy) is 10. The summed E-state index contributed by atoms with van der Waals surface area (Å²) in [6.07, 6.45) is -6.77. The van der Waals surface area contributed by atoms with Crippen molar-refractivity contribution in [3.8, 4) is 0 Å². The fourth-order valence-electron chi connectivity index (χ4n) is 4.12. The monoisotopic (exact) mass is 440 g/mol. The van der Waals surface area contributed by atoms with E-state index >= 15 is 0 Å². The van der Waals surface area contributed by atoms with E-state index in [0.29, 0.717) is 0 Å². The first-order chi connectivity index (χ1) is 14.5. The minimum absolute atomic E-state index is 0.165. The van der Waals surface area contributed by atoms with Crippen LogP contribution in [0.4, 0.5) is 0 Å². The molecule has 30 heavy (non-hydrogen) atoms. The van der Waals surface area contributed by atoms with Gasteiger partial charge in [0.1, 0.15) is 48.8 Å². The second-order valence-electron chi connectivity index (χ2n) is 7.12. The Balaban J connectivity index is 2.31. The summed E-state index contributed by atoms with van der Waals surface area (Å²) in [5.74, 6) is 0. The van der Waals surface area contributed by atoms with Crippen molar-refractivity contribution in [1.29, 1.82) is 0 Å². The fraction of sp³-hybridized carbons (Fsp3) is 1.00.